The van der Waals surface area contributed by atoms with Crippen LogP contribution in [0.15, 0.2) is 29.3 Å². The van der Waals surface area contributed by atoms with Crippen molar-refractivity contribution in [3.8, 4) is 11.5 Å². The minimum Gasteiger partial charge on any atom is -0.493 e. The van der Waals surface area contributed by atoms with Gasteiger partial charge >= 0.3 is 0 Å². The third-order valence-corrected chi connectivity index (χ3v) is 3.27. The van der Waals surface area contributed by atoms with Gasteiger partial charge in [0.25, 0.3) is 5.91 Å². The van der Waals surface area contributed by atoms with Crippen molar-refractivity contribution in [1.29, 1.82) is 0 Å². The van der Waals surface area contributed by atoms with E-state index in [1.54, 1.807) is 25.3 Å². The van der Waals surface area contributed by atoms with E-state index >= 15 is 0 Å². The second-order valence-electron chi connectivity index (χ2n) is 4.58. The Bertz CT molecular complexity index is 532. The Balaban J connectivity index is 2.13. The summed E-state index contributed by atoms with van der Waals surface area (Å²) < 4.78 is 10.7. The number of ether oxygens (including phenoxy) is 2. The van der Waals surface area contributed by atoms with Gasteiger partial charge in [0.15, 0.2) is 11.5 Å². The van der Waals surface area contributed by atoms with Gasteiger partial charge in [-0.1, -0.05) is 0 Å². The van der Waals surface area contributed by atoms with Crippen molar-refractivity contribution >= 4 is 11.6 Å². The van der Waals surface area contributed by atoms with E-state index in [1.807, 2.05) is 13.8 Å². The molecular weight excluding hydrogens is 256 g/mol. The van der Waals surface area contributed by atoms with Gasteiger partial charge in [0.1, 0.15) is 0 Å². The zero-order valence-electron chi connectivity index (χ0n) is 12.1. The SMILES string of the molecule is CCOc1cc(NC(=O)C(C)=C2CNC2)ccc1OC. The molecule has 1 aliphatic heterocycles. The Morgan fingerprint density at radius 1 is 1.35 bits per heavy atom. The highest BCUT2D eigenvalue weighted by molar-refractivity contribution is 6.04. The number of hydrogen-bond donors (Lipinski definition) is 2. The molecule has 0 radical (unpaired) electrons. The highest BCUT2D eigenvalue weighted by atomic mass is 16.5. The van der Waals surface area contributed by atoms with Crippen LogP contribution in [0.1, 0.15) is 13.8 Å². The van der Waals surface area contributed by atoms with E-state index in [0.29, 0.717) is 23.8 Å². The molecule has 0 bridgehead atoms. The zero-order valence-corrected chi connectivity index (χ0v) is 12.1. The van der Waals surface area contributed by atoms with Crippen molar-refractivity contribution in [1.82, 2.24) is 5.32 Å². The van der Waals surface area contributed by atoms with Crippen LogP contribution in [0.2, 0.25) is 0 Å². The Morgan fingerprint density at radius 2 is 2.10 bits per heavy atom. The lowest BCUT2D eigenvalue weighted by Crippen LogP contribution is -2.36. The fraction of sp³-hybridized carbons (Fsp3) is 0.400. The number of hydrogen-bond acceptors (Lipinski definition) is 4. The monoisotopic (exact) mass is 276 g/mol. The maximum Gasteiger partial charge on any atom is 0.251 e. The first-order valence-electron chi connectivity index (χ1n) is 6.67. The summed E-state index contributed by atoms with van der Waals surface area (Å²) in [6.07, 6.45) is 0. The van der Waals surface area contributed by atoms with Crippen LogP contribution in [0.25, 0.3) is 0 Å². The molecule has 1 saturated heterocycles. The van der Waals surface area contributed by atoms with Gasteiger partial charge in [-0.3, -0.25) is 4.79 Å². The first kappa shape index (κ1) is 14.4. The molecule has 5 nitrogen and oxygen atoms in total. The lowest BCUT2D eigenvalue weighted by atomic mass is 10.0. The first-order valence-corrected chi connectivity index (χ1v) is 6.67. The molecule has 1 aromatic rings. The number of rotatable bonds is 5. The number of benzene rings is 1. The second-order valence-corrected chi connectivity index (χ2v) is 4.58. The lowest BCUT2D eigenvalue weighted by molar-refractivity contribution is -0.112. The van der Waals surface area contributed by atoms with Gasteiger partial charge in [-0.2, -0.15) is 0 Å². The van der Waals surface area contributed by atoms with E-state index in [-0.39, 0.29) is 5.91 Å². The van der Waals surface area contributed by atoms with E-state index < -0.39 is 0 Å². The standard InChI is InChI=1S/C15H20N2O3/c1-4-20-14-7-12(5-6-13(14)19-3)17-15(18)10(2)11-8-16-9-11/h5-7,16H,4,8-9H2,1-3H3,(H,17,18). The summed E-state index contributed by atoms with van der Waals surface area (Å²) in [4.78, 5) is 12.1. The van der Waals surface area contributed by atoms with Crippen molar-refractivity contribution in [3.05, 3.63) is 29.3 Å². The maximum absolute atomic E-state index is 12.1. The molecular formula is C15H20N2O3. The molecule has 1 amide bonds. The maximum atomic E-state index is 12.1. The summed E-state index contributed by atoms with van der Waals surface area (Å²) >= 11 is 0. The Hall–Kier alpha value is -2.01. The normalized spacial score (nSPS) is 13.4. The average molecular weight is 276 g/mol. The summed E-state index contributed by atoms with van der Waals surface area (Å²) in [5.74, 6) is 1.21. The molecule has 0 atom stereocenters. The van der Waals surface area contributed by atoms with Crippen LogP contribution in [0.5, 0.6) is 11.5 Å². The van der Waals surface area contributed by atoms with Gasteiger partial charge in [0.2, 0.25) is 0 Å². The van der Waals surface area contributed by atoms with Crippen LogP contribution < -0.4 is 20.1 Å². The summed E-state index contributed by atoms with van der Waals surface area (Å²) in [5, 5.41) is 6.01. The molecule has 0 aromatic heterocycles. The van der Waals surface area contributed by atoms with Gasteiger partial charge < -0.3 is 20.1 Å². The average Bonchev–Trinajstić information content (AvgIpc) is 2.37. The van der Waals surface area contributed by atoms with Crippen LogP contribution in [0.3, 0.4) is 0 Å². The number of carbonyl (C=O) groups excluding carboxylic acids is 1. The largest absolute Gasteiger partial charge is 0.493 e. The Kier molecular flexibility index (Phi) is 4.63. The molecule has 5 heteroatoms. The molecule has 20 heavy (non-hydrogen) atoms. The first-order chi connectivity index (χ1) is 9.65. The Morgan fingerprint density at radius 3 is 2.65 bits per heavy atom. The quantitative estimate of drug-likeness (QED) is 0.807. The van der Waals surface area contributed by atoms with E-state index in [2.05, 4.69) is 10.6 Å². The van der Waals surface area contributed by atoms with Gasteiger partial charge in [-0.05, 0) is 31.6 Å². The second kappa shape index (κ2) is 6.43. The van der Waals surface area contributed by atoms with E-state index in [9.17, 15) is 4.79 Å². The van der Waals surface area contributed by atoms with Gasteiger partial charge in [-0.15, -0.1) is 0 Å². The number of amides is 1. The molecule has 1 heterocycles. The fourth-order valence-electron chi connectivity index (χ4n) is 1.92. The third-order valence-electron chi connectivity index (χ3n) is 3.27. The van der Waals surface area contributed by atoms with Crippen molar-refractivity contribution in [2.75, 3.05) is 32.1 Å². The smallest absolute Gasteiger partial charge is 0.251 e. The number of anilines is 1. The van der Waals surface area contributed by atoms with Gasteiger partial charge in [0, 0.05) is 30.4 Å². The summed E-state index contributed by atoms with van der Waals surface area (Å²) in [6, 6.07) is 5.36. The Labute approximate surface area is 119 Å². The number of methoxy groups -OCH3 is 1. The van der Waals surface area contributed by atoms with Crippen LogP contribution in [-0.2, 0) is 4.79 Å². The van der Waals surface area contributed by atoms with Crippen molar-refractivity contribution in [2.24, 2.45) is 0 Å². The van der Waals surface area contributed by atoms with Gasteiger partial charge in [0.05, 0.1) is 13.7 Å². The molecule has 0 unspecified atom stereocenters. The fourth-order valence-corrected chi connectivity index (χ4v) is 1.92. The molecule has 1 fully saturated rings. The van der Waals surface area contributed by atoms with Crippen molar-refractivity contribution in [2.45, 2.75) is 13.8 Å². The van der Waals surface area contributed by atoms with E-state index in [0.717, 1.165) is 24.2 Å². The van der Waals surface area contributed by atoms with Crippen molar-refractivity contribution < 1.29 is 14.3 Å². The van der Waals surface area contributed by atoms with Gasteiger partial charge in [-0.25, -0.2) is 0 Å². The third kappa shape index (κ3) is 3.11. The van der Waals surface area contributed by atoms with E-state index in [4.69, 9.17) is 9.47 Å². The highest BCUT2D eigenvalue weighted by Gasteiger charge is 2.16. The van der Waals surface area contributed by atoms with Crippen molar-refractivity contribution in [3.63, 3.8) is 0 Å². The summed E-state index contributed by atoms with van der Waals surface area (Å²) in [7, 11) is 1.59. The van der Waals surface area contributed by atoms with E-state index in [1.165, 1.54) is 0 Å². The van der Waals surface area contributed by atoms with Crippen LogP contribution in [0.4, 0.5) is 5.69 Å². The number of nitrogens with one attached hydrogen (secondary N) is 2. The summed E-state index contributed by atoms with van der Waals surface area (Å²) in [5.41, 5.74) is 2.63. The molecule has 0 spiro atoms. The molecule has 2 rings (SSSR count). The minimum atomic E-state index is -0.0749. The lowest BCUT2D eigenvalue weighted by Gasteiger charge is -2.21. The van der Waals surface area contributed by atoms with Crippen LogP contribution >= 0.6 is 0 Å². The predicted molar refractivity (Wildman–Crippen MR) is 78.4 cm³/mol. The highest BCUT2D eigenvalue weighted by Crippen LogP contribution is 2.30. The molecule has 108 valence electrons. The molecule has 0 aliphatic carbocycles. The molecule has 2 N–H and O–H groups in total. The molecule has 1 aliphatic rings. The summed E-state index contributed by atoms with van der Waals surface area (Å²) in [6.45, 7) is 5.89. The molecule has 0 saturated carbocycles. The predicted octanol–water partition coefficient (Wildman–Crippen LogP) is 1.95. The zero-order chi connectivity index (χ0) is 14.5. The minimum absolute atomic E-state index is 0.0749. The molecule has 1 aromatic carbocycles. The number of carbonyl (C=O) groups is 1. The van der Waals surface area contributed by atoms with Crippen LogP contribution in [-0.4, -0.2) is 32.7 Å². The topological polar surface area (TPSA) is 59.6 Å². The van der Waals surface area contributed by atoms with Crippen LogP contribution in [0, 0.1) is 0 Å².